The molecule has 0 aromatic carbocycles. The molecule has 1 unspecified atom stereocenters. The Hall–Kier alpha value is -1.42. The molecule has 1 fully saturated rings. The number of amides is 1. The molecule has 1 aliphatic heterocycles. The lowest BCUT2D eigenvalue weighted by Gasteiger charge is -2.14. The molecule has 2 heterocycles. The monoisotopic (exact) mass is 191 g/mol. The molecule has 1 saturated heterocycles. The van der Waals surface area contributed by atoms with Gasteiger partial charge in [0.1, 0.15) is 0 Å². The smallest absolute Gasteiger partial charge is 0.221 e. The number of pyridine rings is 1. The lowest BCUT2D eigenvalue weighted by atomic mass is 10.1. The van der Waals surface area contributed by atoms with Gasteiger partial charge in [0, 0.05) is 31.9 Å². The molecule has 1 aromatic rings. The molecule has 0 bridgehead atoms. The van der Waals surface area contributed by atoms with Crippen molar-refractivity contribution in [3.8, 4) is 0 Å². The molecule has 2 rings (SSSR count). The molecule has 0 aliphatic carbocycles. The van der Waals surface area contributed by atoms with Crippen LogP contribution in [0.3, 0.4) is 0 Å². The summed E-state index contributed by atoms with van der Waals surface area (Å²) in [5, 5.41) is 6.17. The Bertz CT molecular complexity index is 312. The van der Waals surface area contributed by atoms with Crippen LogP contribution in [0.1, 0.15) is 18.0 Å². The third-order valence-electron chi connectivity index (χ3n) is 2.33. The van der Waals surface area contributed by atoms with Gasteiger partial charge >= 0.3 is 0 Å². The molecule has 1 atom stereocenters. The normalized spacial score (nSPS) is 22.6. The van der Waals surface area contributed by atoms with Crippen molar-refractivity contribution < 1.29 is 4.79 Å². The molecule has 4 heteroatoms. The first-order valence-corrected chi connectivity index (χ1v) is 4.76. The van der Waals surface area contributed by atoms with Gasteiger partial charge in [-0.3, -0.25) is 9.78 Å². The predicted octanol–water partition coefficient (Wildman–Crippen LogP) is 0.232. The highest BCUT2D eigenvalue weighted by Crippen LogP contribution is 2.11. The standard InChI is InChI=1S/C10H13N3O/c14-10-3-5-12-9(7-13-10)8-2-1-4-11-6-8/h1-2,4,6,9,12H,3,5,7H2,(H,13,14). The predicted molar refractivity (Wildman–Crippen MR) is 52.6 cm³/mol. The topological polar surface area (TPSA) is 54.0 Å². The molecule has 1 aromatic heterocycles. The minimum absolute atomic E-state index is 0.115. The van der Waals surface area contributed by atoms with Crippen molar-refractivity contribution in [2.24, 2.45) is 0 Å². The zero-order valence-electron chi connectivity index (χ0n) is 7.86. The quantitative estimate of drug-likeness (QED) is 0.668. The average molecular weight is 191 g/mol. The van der Waals surface area contributed by atoms with E-state index in [1.54, 1.807) is 6.20 Å². The molecule has 0 radical (unpaired) electrons. The van der Waals surface area contributed by atoms with Gasteiger partial charge in [-0.1, -0.05) is 6.07 Å². The number of carbonyl (C=O) groups is 1. The van der Waals surface area contributed by atoms with Gasteiger partial charge in [-0.25, -0.2) is 0 Å². The number of nitrogens with zero attached hydrogens (tertiary/aromatic N) is 1. The van der Waals surface area contributed by atoms with E-state index in [1.165, 1.54) is 0 Å². The number of nitrogens with one attached hydrogen (secondary N) is 2. The molecular weight excluding hydrogens is 178 g/mol. The summed E-state index contributed by atoms with van der Waals surface area (Å²) in [4.78, 5) is 15.1. The maximum atomic E-state index is 11.1. The fourth-order valence-electron chi connectivity index (χ4n) is 1.55. The van der Waals surface area contributed by atoms with Gasteiger partial charge < -0.3 is 10.6 Å². The second-order valence-corrected chi connectivity index (χ2v) is 3.35. The van der Waals surface area contributed by atoms with Crippen LogP contribution in [0.4, 0.5) is 0 Å². The van der Waals surface area contributed by atoms with Crippen molar-refractivity contribution in [3.05, 3.63) is 30.1 Å². The highest BCUT2D eigenvalue weighted by Gasteiger charge is 2.16. The third kappa shape index (κ3) is 2.09. The Kier molecular flexibility index (Phi) is 2.74. The summed E-state index contributed by atoms with van der Waals surface area (Å²) >= 11 is 0. The van der Waals surface area contributed by atoms with Crippen LogP contribution in [-0.4, -0.2) is 24.0 Å². The average Bonchev–Trinajstić information content (AvgIpc) is 2.44. The largest absolute Gasteiger partial charge is 0.354 e. The van der Waals surface area contributed by atoms with Crippen LogP contribution in [0.25, 0.3) is 0 Å². The van der Waals surface area contributed by atoms with Crippen LogP contribution in [0, 0.1) is 0 Å². The van der Waals surface area contributed by atoms with Crippen molar-refractivity contribution in [3.63, 3.8) is 0 Å². The van der Waals surface area contributed by atoms with Crippen LogP contribution in [0.15, 0.2) is 24.5 Å². The number of aromatic nitrogens is 1. The summed E-state index contributed by atoms with van der Waals surface area (Å²) in [6, 6.07) is 4.11. The van der Waals surface area contributed by atoms with E-state index in [0.717, 1.165) is 12.1 Å². The highest BCUT2D eigenvalue weighted by molar-refractivity contribution is 5.76. The molecule has 14 heavy (non-hydrogen) atoms. The third-order valence-corrected chi connectivity index (χ3v) is 2.33. The van der Waals surface area contributed by atoms with Crippen molar-refractivity contribution in [1.29, 1.82) is 0 Å². The summed E-state index contributed by atoms with van der Waals surface area (Å²) in [5.41, 5.74) is 1.12. The van der Waals surface area contributed by atoms with Gasteiger partial charge in [-0.15, -0.1) is 0 Å². The van der Waals surface area contributed by atoms with Gasteiger partial charge in [0.05, 0.1) is 6.04 Å². The molecule has 4 nitrogen and oxygen atoms in total. The van der Waals surface area contributed by atoms with Gasteiger partial charge in [-0.05, 0) is 11.6 Å². The van der Waals surface area contributed by atoms with E-state index in [4.69, 9.17) is 0 Å². The maximum Gasteiger partial charge on any atom is 0.221 e. The van der Waals surface area contributed by atoms with Crippen LogP contribution >= 0.6 is 0 Å². The fourth-order valence-corrected chi connectivity index (χ4v) is 1.55. The van der Waals surface area contributed by atoms with Crippen LogP contribution in [-0.2, 0) is 4.79 Å². The Labute approximate surface area is 82.7 Å². The molecule has 0 saturated carbocycles. The first kappa shape index (κ1) is 9.15. The summed E-state index contributed by atoms with van der Waals surface area (Å²) < 4.78 is 0. The van der Waals surface area contributed by atoms with Crippen molar-refractivity contribution in [1.82, 2.24) is 15.6 Å². The van der Waals surface area contributed by atoms with Crippen molar-refractivity contribution >= 4 is 5.91 Å². The summed E-state index contributed by atoms with van der Waals surface area (Å²) in [7, 11) is 0. The van der Waals surface area contributed by atoms with Gasteiger partial charge in [0.15, 0.2) is 0 Å². The van der Waals surface area contributed by atoms with Gasteiger partial charge in [0.2, 0.25) is 5.91 Å². The minimum Gasteiger partial charge on any atom is -0.354 e. The summed E-state index contributed by atoms with van der Waals surface area (Å²) in [6.45, 7) is 1.37. The van der Waals surface area contributed by atoms with Crippen molar-refractivity contribution in [2.75, 3.05) is 13.1 Å². The van der Waals surface area contributed by atoms with E-state index in [2.05, 4.69) is 15.6 Å². The lowest BCUT2D eigenvalue weighted by Crippen LogP contribution is -2.28. The summed E-state index contributed by atoms with van der Waals surface area (Å²) in [5.74, 6) is 0.115. The zero-order valence-corrected chi connectivity index (χ0v) is 7.86. The van der Waals surface area contributed by atoms with Crippen molar-refractivity contribution in [2.45, 2.75) is 12.5 Å². The molecule has 1 amide bonds. The first-order chi connectivity index (χ1) is 6.86. The zero-order chi connectivity index (χ0) is 9.80. The van der Waals surface area contributed by atoms with E-state index < -0.39 is 0 Å². The Balaban J connectivity index is 2.08. The first-order valence-electron chi connectivity index (χ1n) is 4.76. The summed E-state index contributed by atoms with van der Waals surface area (Å²) in [6.07, 6.45) is 4.13. The molecule has 74 valence electrons. The minimum atomic E-state index is 0.115. The van der Waals surface area contributed by atoms with E-state index in [0.29, 0.717) is 13.0 Å². The van der Waals surface area contributed by atoms with Crippen LogP contribution in [0.5, 0.6) is 0 Å². The van der Waals surface area contributed by atoms with Crippen LogP contribution in [0.2, 0.25) is 0 Å². The molecule has 1 aliphatic rings. The number of carbonyl (C=O) groups excluding carboxylic acids is 1. The van der Waals surface area contributed by atoms with Crippen LogP contribution < -0.4 is 10.6 Å². The molecule has 2 N–H and O–H groups in total. The number of hydrogen-bond acceptors (Lipinski definition) is 3. The maximum absolute atomic E-state index is 11.1. The number of hydrogen-bond donors (Lipinski definition) is 2. The Morgan fingerprint density at radius 3 is 3.21 bits per heavy atom. The van der Waals surface area contributed by atoms with Gasteiger partial charge in [-0.2, -0.15) is 0 Å². The Morgan fingerprint density at radius 1 is 1.50 bits per heavy atom. The van der Waals surface area contributed by atoms with E-state index >= 15 is 0 Å². The number of rotatable bonds is 1. The highest BCUT2D eigenvalue weighted by atomic mass is 16.1. The second-order valence-electron chi connectivity index (χ2n) is 3.35. The lowest BCUT2D eigenvalue weighted by molar-refractivity contribution is -0.120. The van der Waals surface area contributed by atoms with E-state index in [1.807, 2.05) is 18.3 Å². The van der Waals surface area contributed by atoms with Gasteiger partial charge in [0.25, 0.3) is 0 Å². The Morgan fingerprint density at radius 2 is 2.43 bits per heavy atom. The SMILES string of the molecule is O=C1CCNC(c2cccnc2)CN1. The molecular formula is C10H13N3O. The van der Waals surface area contributed by atoms with E-state index in [-0.39, 0.29) is 11.9 Å². The fraction of sp³-hybridized carbons (Fsp3) is 0.400. The molecule has 0 spiro atoms. The van der Waals surface area contributed by atoms with E-state index in [9.17, 15) is 4.79 Å². The second kappa shape index (κ2) is 4.19.